The van der Waals surface area contributed by atoms with Crippen molar-refractivity contribution in [1.82, 2.24) is 14.8 Å². The number of methoxy groups -OCH3 is 1. The molecule has 2 amide bonds. The van der Waals surface area contributed by atoms with Gasteiger partial charge in [-0.3, -0.25) is 19.5 Å². The number of nitrogens with zero attached hydrogens (tertiary/aromatic N) is 3. The van der Waals surface area contributed by atoms with Gasteiger partial charge in [-0.25, -0.2) is 0 Å². The summed E-state index contributed by atoms with van der Waals surface area (Å²) in [5.74, 6) is 0.310. The van der Waals surface area contributed by atoms with Gasteiger partial charge in [-0.1, -0.05) is 6.92 Å². The van der Waals surface area contributed by atoms with Gasteiger partial charge in [0.05, 0.1) is 11.7 Å². The zero-order valence-electron chi connectivity index (χ0n) is 20.1. The van der Waals surface area contributed by atoms with Gasteiger partial charge in [-0.2, -0.15) is 0 Å². The Morgan fingerprint density at radius 3 is 2.61 bits per heavy atom. The molecule has 0 spiro atoms. The van der Waals surface area contributed by atoms with Crippen molar-refractivity contribution < 1.29 is 19.1 Å². The summed E-state index contributed by atoms with van der Waals surface area (Å²) in [7, 11) is 3.45. The lowest BCUT2D eigenvalue weighted by Crippen LogP contribution is -2.46. The fourth-order valence-electron chi connectivity index (χ4n) is 4.08. The molecule has 0 unspecified atom stereocenters. The van der Waals surface area contributed by atoms with E-state index in [9.17, 15) is 9.59 Å². The van der Waals surface area contributed by atoms with Crippen molar-refractivity contribution in [2.24, 2.45) is 5.92 Å². The highest BCUT2D eigenvalue weighted by molar-refractivity contribution is 5.99. The Bertz CT molecular complexity index is 953. The van der Waals surface area contributed by atoms with Crippen LogP contribution < -0.4 is 10.1 Å². The zero-order valence-corrected chi connectivity index (χ0v) is 20.1. The van der Waals surface area contributed by atoms with E-state index in [1.165, 1.54) is 12.5 Å². The molecule has 0 bridgehead atoms. The number of nitrogens with one attached hydrogen (secondary N) is 1. The molecule has 2 heterocycles. The summed E-state index contributed by atoms with van der Waals surface area (Å²) in [6, 6.07) is 9.30. The van der Waals surface area contributed by atoms with Crippen LogP contribution in [0.2, 0.25) is 0 Å². The molecule has 3 atom stereocenters. The van der Waals surface area contributed by atoms with Crippen molar-refractivity contribution in [2.75, 3.05) is 39.2 Å². The summed E-state index contributed by atoms with van der Waals surface area (Å²) in [4.78, 5) is 33.0. The minimum absolute atomic E-state index is 0.0910. The molecule has 33 heavy (non-hydrogen) atoms. The number of likely N-dealkylation sites (N-methyl/N-ethyl adjacent to an activating group) is 1. The largest absolute Gasteiger partial charge is 0.491 e. The van der Waals surface area contributed by atoms with E-state index < -0.39 is 0 Å². The van der Waals surface area contributed by atoms with Crippen LogP contribution in [0.1, 0.15) is 36.7 Å². The lowest BCUT2D eigenvalue weighted by atomic mass is 10.0. The van der Waals surface area contributed by atoms with Crippen molar-refractivity contribution in [1.29, 1.82) is 0 Å². The number of amides is 2. The fraction of sp³-hybridized carbons (Fsp3) is 0.480. The monoisotopic (exact) mass is 454 g/mol. The molecule has 1 aliphatic heterocycles. The number of benzene rings is 1. The van der Waals surface area contributed by atoms with Crippen LogP contribution in [0.15, 0.2) is 42.7 Å². The quantitative estimate of drug-likeness (QED) is 0.765. The first-order chi connectivity index (χ1) is 15.8. The maximum Gasteiger partial charge on any atom is 0.257 e. The Hall–Kier alpha value is -2.97. The molecule has 1 aliphatic rings. The molecule has 8 nitrogen and oxygen atoms in total. The van der Waals surface area contributed by atoms with Crippen LogP contribution in [0.4, 0.5) is 5.69 Å². The Morgan fingerprint density at radius 2 is 1.94 bits per heavy atom. The predicted molar refractivity (Wildman–Crippen MR) is 127 cm³/mol. The number of ether oxygens (including phenoxy) is 2. The van der Waals surface area contributed by atoms with Crippen LogP contribution in [0.25, 0.3) is 0 Å². The first-order valence-electron chi connectivity index (χ1n) is 11.2. The number of carbonyl (C=O) groups is 2. The molecule has 0 fully saturated rings. The summed E-state index contributed by atoms with van der Waals surface area (Å²) in [6.07, 6.45) is 3.48. The highest BCUT2D eigenvalue weighted by atomic mass is 16.5. The second kappa shape index (κ2) is 11.2. The zero-order chi connectivity index (χ0) is 24.0. The number of pyridine rings is 1. The smallest absolute Gasteiger partial charge is 0.257 e. The van der Waals surface area contributed by atoms with E-state index in [0.29, 0.717) is 30.2 Å². The van der Waals surface area contributed by atoms with Gasteiger partial charge < -0.3 is 19.7 Å². The van der Waals surface area contributed by atoms with Crippen molar-refractivity contribution >= 4 is 17.5 Å². The van der Waals surface area contributed by atoms with E-state index >= 15 is 0 Å². The van der Waals surface area contributed by atoms with Crippen LogP contribution in [0, 0.1) is 5.92 Å². The third-order valence-corrected chi connectivity index (χ3v) is 6.03. The second-order valence-electron chi connectivity index (χ2n) is 8.77. The van der Waals surface area contributed by atoms with Crippen LogP contribution in [0.5, 0.6) is 5.75 Å². The molecule has 1 aromatic carbocycles. The van der Waals surface area contributed by atoms with Gasteiger partial charge in [0.15, 0.2) is 0 Å². The molecule has 8 heteroatoms. The number of anilines is 1. The van der Waals surface area contributed by atoms with E-state index in [4.69, 9.17) is 9.47 Å². The van der Waals surface area contributed by atoms with Crippen LogP contribution in [0.3, 0.4) is 0 Å². The van der Waals surface area contributed by atoms with Gasteiger partial charge in [0.1, 0.15) is 12.4 Å². The minimum atomic E-state index is -0.196. The van der Waals surface area contributed by atoms with Crippen molar-refractivity contribution in [3.63, 3.8) is 0 Å². The van der Waals surface area contributed by atoms with Gasteiger partial charge in [0, 0.05) is 64.8 Å². The number of aromatic nitrogens is 1. The molecule has 1 aromatic heterocycles. The summed E-state index contributed by atoms with van der Waals surface area (Å²) in [6.45, 7) is 8.12. The van der Waals surface area contributed by atoms with Crippen molar-refractivity contribution in [3.05, 3.63) is 53.9 Å². The molecule has 0 saturated carbocycles. The summed E-state index contributed by atoms with van der Waals surface area (Å²) in [5, 5.41) is 2.74. The summed E-state index contributed by atoms with van der Waals surface area (Å²) in [5.41, 5.74) is 2.15. The normalized spacial score (nSPS) is 22.5. The van der Waals surface area contributed by atoms with Gasteiger partial charge in [0.2, 0.25) is 5.91 Å². The number of rotatable bonds is 4. The molecular formula is C25H34N4O4. The van der Waals surface area contributed by atoms with Crippen molar-refractivity contribution in [2.45, 2.75) is 39.5 Å². The highest BCUT2D eigenvalue weighted by Gasteiger charge is 2.28. The third-order valence-electron chi connectivity index (χ3n) is 6.03. The van der Waals surface area contributed by atoms with E-state index in [1.54, 1.807) is 49.7 Å². The van der Waals surface area contributed by atoms with Gasteiger partial charge in [-0.15, -0.1) is 0 Å². The molecule has 0 radical (unpaired) electrons. The molecule has 1 N–H and O–H groups in total. The first kappa shape index (κ1) is 24.7. The second-order valence-corrected chi connectivity index (χ2v) is 8.77. The van der Waals surface area contributed by atoms with Gasteiger partial charge >= 0.3 is 0 Å². The van der Waals surface area contributed by atoms with E-state index in [0.717, 1.165) is 13.1 Å². The van der Waals surface area contributed by atoms with E-state index in [2.05, 4.69) is 29.0 Å². The first-order valence-corrected chi connectivity index (χ1v) is 11.2. The van der Waals surface area contributed by atoms with Gasteiger partial charge in [0.25, 0.3) is 5.91 Å². The third kappa shape index (κ3) is 6.52. The van der Waals surface area contributed by atoms with Gasteiger partial charge in [-0.05, 0) is 48.7 Å². The SMILES string of the molecule is CO[C@H]1CN(C)C(=O)c2cc(NC(C)=O)ccc2OC[C@@H](C)N(Cc2ccncc2)C[C@@H]1C. The molecule has 0 aliphatic carbocycles. The van der Waals surface area contributed by atoms with E-state index in [-0.39, 0.29) is 29.9 Å². The maximum absolute atomic E-state index is 13.3. The molecular weight excluding hydrogens is 420 g/mol. The topological polar surface area (TPSA) is 84.0 Å². The summed E-state index contributed by atoms with van der Waals surface area (Å²) >= 11 is 0. The highest BCUT2D eigenvalue weighted by Crippen LogP contribution is 2.26. The summed E-state index contributed by atoms with van der Waals surface area (Å²) < 4.78 is 12.0. The standard InChI is InChI=1S/C25H34N4O4/c1-17-13-29(14-20-8-10-26-11-9-20)18(2)16-33-23-7-6-21(27-19(3)30)12-22(23)25(31)28(4)15-24(17)32-5/h6-12,17-18,24H,13-16H2,1-5H3,(H,27,30)/t17-,18+,24-/m0/s1. The number of carbonyl (C=O) groups excluding carboxylic acids is 2. The van der Waals surface area contributed by atoms with Crippen molar-refractivity contribution in [3.8, 4) is 5.75 Å². The number of fused-ring (bicyclic) bond motifs is 1. The number of hydrogen-bond donors (Lipinski definition) is 1. The molecule has 0 saturated heterocycles. The lowest BCUT2D eigenvalue weighted by molar-refractivity contribution is -0.114. The van der Waals surface area contributed by atoms with Crippen LogP contribution in [-0.4, -0.2) is 72.6 Å². The molecule has 2 aromatic rings. The maximum atomic E-state index is 13.3. The average molecular weight is 455 g/mol. The minimum Gasteiger partial charge on any atom is -0.491 e. The lowest BCUT2D eigenvalue weighted by Gasteiger charge is -2.36. The Balaban J connectivity index is 1.94. The number of hydrogen-bond acceptors (Lipinski definition) is 6. The van der Waals surface area contributed by atoms with Crippen LogP contribution >= 0.6 is 0 Å². The predicted octanol–water partition coefficient (Wildman–Crippen LogP) is 3.05. The Labute approximate surface area is 195 Å². The van der Waals surface area contributed by atoms with Crippen LogP contribution in [-0.2, 0) is 16.1 Å². The molecule has 3 rings (SSSR count). The van der Waals surface area contributed by atoms with E-state index in [1.807, 2.05) is 12.1 Å². The fourth-order valence-corrected chi connectivity index (χ4v) is 4.08. The molecule has 178 valence electrons. The Morgan fingerprint density at radius 1 is 1.21 bits per heavy atom. The average Bonchev–Trinajstić information content (AvgIpc) is 2.80. The Kier molecular flexibility index (Phi) is 8.41.